The molecule has 360 valence electrons. The van der Waals surface area contributed by atoms with Crippen LogP contribution >= 0.6 is 0 Å². The second-order valence-electron chi connectivity index (χ2n) is 18.3. The number of ether oxygens (including phenoxy) is 4. The van der Waals surface area contributed by atoms with Gasteiger partial charge in [-0.05, 0) is 128 Å². The lowest BCUT2D eigenvalue weighted by atomic mass is 9.87. The summed E-state index contributed by atoms with van der Waals surface area (Å²) in [6.45, 7) is 3.97. The number of hydrogen-bond donors (Lipinski definition) is 0. The summed E-state index contributed by atoms with van der Waals surface area (Å²) in [6.07, 6.45) is 8.58. The molecule has 1 saturated heterocycles. The van der Waals surface area contributed by atoms with Gasteiger partial charge in [-0.15, -0.1) is 0 Å². The molecular formula is C59H69FO8. The van der Waals surface area contributed by atoms with Gasteiger partial charge in [0.2, 0.25) is 0 Å². The molecule has 1 aliphatic heterocycles. The molecule has 0 saturated carbocycles. The number of aryl methyl sites for hydroxylation is 4. The maximum atomic E-state index is 14.0. The van der Waals surface area contributed by atoms with E-state index in [2.05, 4.69) is 48.5 Å². The summed E-state index contributed by atoms with van der Waals surface area (Å²) < 4.78 is 36.5. The number of rotatable bonds is 29. The molecule has 1 heterocycles. The molecule has 68 heavy (non-hydrogen) atoms. The Hall–Kier alpha value is -5.61. The van der Waals surface area contributed by atoms with Gasteiger partial charge >= 0.3 is 5.97 Å². The van der Waals surface area contributed by atoms with Gasteiger partial charge in [-0.25, -0.2) is 4.39 Å². The minimum Gasteiger partial charge on any atom is -0.461 e. The van der Waals surface area contributed by atoms with Gasteiger partial charge in [0.05, 0.1) is 25.7 Å². The zero-order valence-corrected chi connectivity index (χ0v) is 39.8. The van der Waals surface area contributed by atoms with Crippen LogP contribution in [0.15, 0.2) is 133 Å². The maximum absolute atomic E-state index is 14.0. The lowest BCUT2D eigenvalue weighted by Crippen LogP contribution is -2.25. The molecule has 1 aliphatic rings. The number of halogens is 1. The fourth-order valence-corrected chi connectivity index (χ4v) is 8.96. The van der Waals surface area contributed by atoms with Gasteiger partial charge in [-0.2, -0.15) is 0 Å². The van der Waals surface area contributed by atoms with Crippen LogP contribution in [0.2, 0.25) is 0 Å². The first-order valence-corrected chi connectivity index (χ1v) is 24.7. The van der Waals surface area contributed by atoms with Crippen molar-refractivity contribution >= 4 is 23.3 Å². The van der Waals surface area contributed by atoms with E-state index in [1.165, 1.54) is 22.3 Å². The molecule has 5 aromatic carbocycles. The predicted molar refractivity (Wildman–Crippen MR) is 264 cm³/mol. The van der Waals surface area contributed by atoms with Crippen molar-refractivity contribution in [1.29, 1.82) is 0 Å². The molecule has 1 fully saturated rings. The normalized spacial score (nSPS) is 15.8. The lowest BCUT2D eigenvalue weighted by Gasteiger charge is -2.18. The Kier molecular flexibility index (Phi) is 21.8. The van der Waals surface area contributed by atoms with Crippen molar-refractivity contribution in [2.45, 2.75) is 110 Å². The Balaban J connectivity index is 0.914. The van der Waals surface area contributed by atoms with Crippen LogP contribution in [0.1, 0.15) is 110 Å². The third kappa shape index (κ3) is 18.1. The summed E-state index contributed by atoms with van der Waals surface area (Å²) in [6, 6.07) is 43.5. The van der Waals surface area contributed by atoms with Gasteiger partial charge in [-0.1, -0.05) is 121 Å². The van der Waals surface area contributed by atoms with E-state index in [0.29, 0.717) is 58.5 Å². The van der Waals surface area contributed by atoms with E-state index >= 15 is 0 Å². The second-order valence-corrected chi connectivity index (χ2v) is 18.3. The van der Waals surface area contributed by atoms with E-state index in [9.17, 15) is 23.6 Å². The molecule has 0 spiro atoms. The number of Topliss-reactive ketones (excluding diaryl/α,β-unsaturated/α-hetero) is 3. The average Bonchev–Trinajstić information content (AvgIpc) is 3.63. The number of ketones is 3. The summed E-state index contributed by atoms with van der Waals surface area (Å²) in [7, 11) is 0. The van der Waals surface area contributed by atoms with Crippen LogP contribution in [0.3, 0.4) is 0 Å². The minimum absolute atomic E-state index is 0.0258. The molecule has 0 bridgehead atoms. The van der Waals surface area contributed by atoms with E-state index < -0.39 is 5.92 Å². The largest absolute Gasteiger partial charge is 0.461 e. The first-order valence-electron chi connectivity index (χ1n) is 24.7. The van der Waals surface area contributed by atoms with Crippen molar-refractivity contribution in [1.82, 2.24) is 0 Å². The Bertz CT molecular complexity index is 2260. The summed E-state index contributed by atoms with van der Waals surface area (Å²) in [4.78, 5) is 52.1. The molecule has 0 aromatic heterocycles. The SMILES string of the molecule is CCOC[C@H](CC(=O)COCc1ccccc1)C(=O)CCCc1ccc(CCC(CCc2ccc(CCCC(=O)[C@@H]3COCCC(C(=O)OCc4ccccc4)C3)cc2)c2ccc(F)cc2)cc1. The second kappa shape index (κ2) is 28.7. The number of benzene rings is 5. The van der Waals surface area contributed by atoms with Crippen LogP contribution < -0.4 is 0 Å². The van der Waals surface area contributed by atoms with Crippen LogP contribution in [-0.4, -0.2) is 56.4 Å². The number of esters is 1. The van der Waals surface area contributed by atoms with Crippen molar-refractivity contribution in [3.63, 3.8) is 0 Å². The summed E-state index contributed by atoms with van der Waals surface area (Å²) in [5.74, 6) is -1.26. The van der Waals surface area contributed by atoms with Crippen LogP contribution in [0, 0.1) is 23.6 Å². The zero-order valence-electron chi connectivity index (χ0n) is 39.8. The molecule has 0 radical (unpaired) electrons. The Morgan fingerprint density at radius 1 is 0.632 bits per heavy atom. The minimum atomic E-state index is -0.470. The lowest BCUT2D eigenvalue weighted by molar-refractivity contribution is -0.150. The fourth-order valence-electron chi connectivity index (χ4n) is 8.96. The van der Waals surface area contributed by atoms with E-state index in [-0.39, 0.29) is 73.1 Å². The molecule has 6 rings (SSSR count). The van der Waals surface area contributed by atoms with E-state index in [1.54, 1.807) is 12.1 Å². The Morgan fingerprint density at radius 3 is 1.78 bits per heavy atom. The average molecular weight is 925 g/mol. The number of carbonyl (C=O) groups is 4. The number of hydrogen-bond acceptors (Lipinski definition) is 8. The Morgan fingerprint density at radius 2 is 1.19 bits per heavy atom. The first-order chi connectivity index (χ1) is 33.2. The van der Waals surface area contributed by atoms with Crippen molar-refractivity contribution in [3.8, 4) is 0 Å². The van der Waals surface area contributed by atoms with Crippen molar-refractivity contribution in [2.24, 2.45) is 17.8 Å². The van der Waals surface area contributed by atoms with Crippen molar-refractivity contribution in [3.05, 3.63) is 178 Å². The van der Waals surface area contributed by atoms with Gasteiger partial charge in [0, 0.05) is 44.3 Å². The van der Waals surface area contributed by atoms with E-state index in [1.807, 2.05) is 79.7 Å². The van der Waals surface area contributed by atoms with Gasteiger partial charge in [0.15, 0.2) is 5.78 Å². The monoisotopic (exact) mass is 924 g/mol. The van der Waals surface area contributed by atoms with Crippen LogP contribution in [0.4, 0.5) is 4.39 Å². The van der Waals surface area contributed by atoms with Gasteiger partial charge < -0.3 is 18.9 Å². The zero-order chi connectivity index (χ0) is 47.8. The van der Waals surface area contributed by atoms with Crippen LogP contribution in [0.25, 0.3) is 0 Å². The quantitative estimate of drug-likeness (QED) is 0.0437. The van der Waals surface area contributed by atoms with Gasteiger partial charge in [0.1, 0.15) is 30.6 Å². The highest BCUT2D eigenvalue weighted by molar-refractivity contribution is 5.88. The first kappa shape index (κ1) is 51.8. The number of carbonyl (C=O) groups excluding carboxylic acids is 4. The van der Waals surface area contributed by atoms with Gasteiger partial charge in [-0.3, -0.25) is 19.2 Å². The van der Waals surface area contributed by atoms with E-state index in [4.69, 9.17) is 18.9 Å². The third-order valence-corrected chi connectivity index (χ3v) is 13.1. The smallest absolute Gasteiger partial charge is 0.309 e. The third-order valence-electron chi connectivity index (χ3n) is 13.1. The van der Waals surface area contributed by atoms with Gasteiger partial charge in [0.25, 0.3) is 0 Å². The Labute approximate surface area is 403 Å². The summed E-state index contributed by atoms with van der Waals surface area (Å²) >= 11 is 0. The summed E-state index contributed by atoms with van der Waals surface area (Å²) in [5, 5.41) is 0. The highest BCUT2D eigenvalue weighted by atomic mass is 19.1. The molecule has 0 aliphatic carbocycles. The molecule has 4 atom stereocenters. The fraction of sp³-hybridized carbons (Fsp3) is 0.424. The van der Waals surface area contributed by atoms with Crippen molar-refractivity contribution < 1.29 is 42.5 Å². The maximum Gasteiger partial charge on any atom is 0.309 e. The molecule has 0 amide bonds. The molecule has 2 unspecified atom stereocenters. The molecule has 5 aromatic rings. The van der Waals surface area contributed by atoms with E-state index in [0.717, 1.165) is 61.6 Å². The molecular weight excluding hydrogens is 856 g/mol. The van der Waals surface area contributed by atoms with Crippen LogP contribution in [-0.2, 0) is 77.0 Å². The van der Waals surface area contributed by atoms with Crippen molar-refractivity contribution in [2.75, 3.05) is 33.0 Å². The highest BCUT2D eigenvalue weighted by Crippen LogP contribution is 2.29. The standard InChI is InChI=1S/C59H69FO8/c1-2-65-41-54(38-56(61)43-67-39-48-11-5-3-6-12-48)58(63)18-10-16-45-21-25-47(26-22-45)28-30-50(51-31-33-55(60)34-32-51)29-27-46-23-19-44(20-24-46)15-9-17-57(62)53-37-52(35-36-66-42-53)59(64)68-40-49-13-7-4-8-14-49/h3-8,11-14,19-26,31-34,50,52-54H,2,9-10,15-18,27-30,35-43H2,1H3/t50?,52?,53-,54-/m0/s1. The molecule has 8 nitrogen and oxygen atoms in total. The highest BCUT2D eigenvalue weighted by Gasteiger charge is 2.31. The summed E-state index contributed by atoms with van der Waals surface area (Å²) in [5.41, 5.74) is 7.90. The topological polar surface area (TPSA) is 105 Å². The van der Waals surface area contributed by atoms with Crippen LogP contribution in [0.5, 0.6) is 0 Å². The molecule has 0 N–H and O–H groups in total. The molecule has 9 heteroatoms. The predicted octanol–water partition coefficient (Wildman–Crippen LogP) is 11.6.